The molecule has 3 nitrogen and oxygen atoms in total. The van der Waals surface area contributed by atoms with E-state index in [-0.39, 0.29) is 17.4 Å². The summed E-state index contributed by atoms with van der Waals surface area (Å²) >= 11 is -0.0625. The van der Waals surface area contributed by atoms with E-state index in [4.69, 9.17) is 5.11 Å². The molecule has 0 atom stereocenters. The van der Waals surface area contributed by atoms with Crippen molar-refractivity contribution in [2.75, 3.05) is 0 Å². The van der Waals surface area contributed by atoms with Crippen molar-refractivity contribution in [2.45, 2.75) is 6.18 Å². The summed E-state index contributed by atoms with van der Waals surface area (Å²) in [5, 5.41) is 18.9. The number of alkyl halides is 3. The van der Waals surface area contributed by atoms with E-state index in [0.29, 0.717) is 0 Å². The molecule has 0 fully saturated rings. The van der Waals surface area contributed by atoms with Gasteiger partial charge in [0, 0.05) is 0 Å². The van der Waals surface area contributed by atoms with Crippen LogP contribution in [0, 0.1) is 0 Å². The van der Waals surface area contributed by atoms with Gasteiger partial charge in [0.2, 0.25) is 0 Å². The average Bonchev–Trinajstić information content (AvgIpc) is 2.29. The zero-order chi connectivity index (χ0) is 10.2. The molecule has 0 saturated carbocycles. The van der Waals surface area contributed by atoms with Crippen LogP contribution in [0.3, 0.4) is 0 Å². The number of carbonyl (C=O) groups is 1. The highest BCUT2D eigenvalue weighted by Gasteiger charge is 2.33. The molecule has 0 aliphatic carbocycles. The predicted molar refractivity (Wildman–Crippen MR) is 35.7 cm³/mol. The Bertz CT molecular complexity index is 341. The third-order valence-electron chi connectivity index (χ3n) is 1.17. The van der Waals surface area contributed by atoms with Crippen molar-refractivity contribution in [3.8, 4) is 5.75 Å². The van der Waals surface area contributed by atoms with E-state index in [1.54, 1.807) is 0 Å². The molecular formula is C6H2F3O3S-. The summed E-state index contributed by atoms with van der Waals surface area (Å²) in [4.78, 5) is 8.21. The lowest BCUT2D eigenvalue weighted by atomic mass is 10.4. The molecule has 0 aromatic carbocycles. The third kappa shape index (κ3) is 1.92. The van der Waals surface area contributed by atoms with Crippen LogP contribution in [0.5, 0.6) is 5.75 Å². The Balaban J connectivity index is 3.17. The van der Waals surface area contributed by atoms with Crippen molar-refractivity contribution in [2.24, 2.45) is 0 Å². The molecule has 0 bridgehead atoms. The molecule has 0 aliphatic rings. The van der Waals surface area contributed by atoms with Crippen molar-refractivity contribution in [3.63, 3.8) is 0 Å². The number of carboxylic acid groups (broad SMARTS) is 1. The van der Waals surface area contributed by atoms with Gasteiger partial charge in [0.05, 0.1) is 0 Å². The van der Waals surface area contributed by atoms with Gasteiger partial charge in [0.1, 0.15) is 9.75 Å². The fraction of sp³-hybridized carbons (Fsp3) is 0.167. The van der Waals surface area contributed by atoms with E-state index in [2.05, 4.69) is 0 Å². The maximum Gasteiger partial charge on any atom is 0.425 e. The lowest BCUT2D eigenvalue weighted by Crippen LogP contribution is -2.00. The Hall–Kier alpha value is -1.24. The van der Waals surface area contributed by atoms with E-state index in [0.717, 1.165) is 0 Å². The minimum Gasteiger partial charge on any atom is -0.871 e. The quantitative estimate of drug-likeness (QED) is 0.766. The van der Waals surface area contributed by atoms with Crippen molar-refractivity contribution < 1.29 is 28.2 Å². The van der Waals surface area contributed by atoms with E-state index in [1.165, 1.54) is 0 Å². The van der Waals surface area contributed by atoms with Gasteiger partial charge in [-0.2, -0.15) is 13.2 Å². The maximum absolute atomic E-state index is 11.9. The second-order valence-electron chi connectivity index (χ2n) is 2.11. The van der Waals surface area contributed by atoms with Crippen molar-refractivity contribution in [3.05, 3.63) is 15.8 Å². The van der Waals surface area contributed by atoms with Gasteiger partial charge >= 0.3 is 12.1 Å². The maximum atomic E-state index is 11.9. The molecule has 72 valence electrons. The molecule has 1 heterocycles. The minimum absolute atomic E-state index is 0.0625. The van der Waals surface area contributed by atoms with Crippen molar-refractivity contribution >= 4 is 17.3 Å². The van der Waals surface area contributed by atoms with Gasteiger partial charge in [0.25, 0.3) is 0 Å². The first kappa shape index (κ1) is 9.85. The molecule has 1 aromatic heterocycles. The smallest absolute Gasteiger partial charge is 0.425 e. The number of thiophene rings is 1. The normalized spacial score (nSPS) is 11.6. The third-order valence-corrected chi connectivity index (χ3v) is 2.32. The summed E-state index contributed by atoms with van der Waals surface area (Å²) in [5.41, 5.74) is 0. The Morgan fingerprint density at radius 2 is 2.08 bits per heavy atom. The molecule has 1 N–H and O–H groups in total. The highest BCUT2D eigenvalue weighted by Crippen LogP contribution is 2.38. The molecule has 13 heavy (non-hydrogen) atoms. The Morgan fingerprint density at radius 1 is 1.54 bits per heavy atom. The van der Waals surface area contributed by atoms with E-state index in [1.807, 2.05) is 0 Å². The van der Waals surface area contributed by atoms with Crippen LogP contribution < -0.4 is 5.11 Å². The molecule has 0 saturated heterocycles. The van der Waals surface area contributed by atoms with Crippen LogP contribution >= 0.6 is 11.3 Å². The molecule has 0 unspecified atom stereocenters. The first-order valence-electron chi connectivity index (χ1n) is 2.93. The number of hydrogen-bond acceptors (Lipinski definition) is 3. The molecular weight excluding hydrogens is 209 g/mol. The number of halogens is 3. The predicted octanol–water partition coefficient (Wildman–Crippen LogP) is 1.54. The molecule has 0 amide bonds. The number of aromatic carboxylic acids is 1. The first-order chi connectivity index (χ1) is 5.82. The number of hydrogen-bond donors (Lipinski definition) is 1. The van der Waals surface area contributed by atoms with Crippen molar-refractivity contribution in [1.82, 2.24) is 0 Å². The zero-order valence-electron chi connectivity index (χ0n) is 5.88. The first-order valence-corrected chi connectivity index (χ1v) is 3.75. The van der Waals surface area contributed by atoms with Crippen LogP contribution in [0.1, 0.15) is 14.5 Å². The summed E-state index contributed by atoms with van der Waals surface area (Å²) in [6.45, 7) is 0. The van der Waals surface area contributed by atoms with E-state index >= 15 is 0 Å². The highest BCUT2D eigenvalue weighted by molar-refractivity contribution is 7.14. The lowest BCUT2D eigenvalue weighted by Gasteiger charge is -2.01. The monoisotopic (exact) mass is 211 g/mol. The topological polar surface area (TPSA) is 60.4 Å². The lowest BCUT2D eigenvalue weighted by molar-refractivity contribution is -0.268. The van der Waals surface area contributed by atoms with Gasteiger partial charge in [-0.3, -0.25) is 0 Å². The fourth-order valence-corrected chi connectivity index (χ4v) is 1.41. The van der Waals surface area contributed by atoms with E-state index in [9.17, 15) is 23.1 Å². The Morgan fingerprint density at radius 3 is 2.31 bits per heavy atom. The largest absolute Gasteiger partial charge is 0.871 e. The van der Waals surface area contributed by atoms with Gasteiger partial charge in [0.15, 0.2) is 0 Å². The van der Waals surface area contributed by atoms with Crippen molar-refractivity contribution in [1.29, 1.82) is 0 Å². The van der Waals surface area contributed by atoms with Crippen LogP contribution in [0.4, 0.5) is 13.2 Å². The van der Waals surface area contributed by atoms with Crippen LogP contribution in [-0.4, -0.2) is 11.1 Å². The van der Waals surface area contributed by atoms with Gasteiger partial charge in [-0.05, 0) is 6.07 Å². The Kier molecular flexibility index (Phi) is 2.21. The second kappa shape index (κ2) is 2.91. The number of rotatable bonds is 1. The second-order valence-corrected chi connectivity index (χ2v) is 3.16. The Labute approximate surface area is 74.0 Å². The summed E-state index contributed by atoms with van der Waals surface area (Å²) < 4.78 is 35.8. The molecule has 0 aliphatic heterocycles. The zero-order valence-corrected chi connectivity index (χ0v) is 6.70. The summed E-state index contributed by atoms with van der Waals surface area (Å²) in [6.07, 6.45) is -4.66. The van der Waals surface area contributed by atoms with Crippen LogP contribution in [0.15, 0.2) is 6.07 Å². The van der Waals surface area contributed by atoms with Crippen LogP contribution in [-0.2, 0) is 6.18 Å². The molecule has 1 rings (SSSR count). The standard InChI is InChI=1S/C6H3F3O3S/c7-6(8,9)3-1-2(10)4(13-3)5(11)12/h1,10H,(H,11,12)/p-1. The van der Waals surface area contributed by atoms with Gasteiger partial charge < -0.3 is 10.2 Å². The molecule has 7 heteroatoms. The summed E-state index contributed by atoms with van der Waals surface area (Å²) in [6, 6.07) is 0.286. The summed E-state index contributed by atoms with van der Waals surface area (Å²) in [7, 11) is 0. The number of carboxylic acids is 1. The van der Waals surface area contributed by atoms with E-state index < -0.39 is 27.6 Å². The van der Waals surface area contributed by atoms with Gasteiger partial charge in [-0.25, -0.2) is 4.79 Å². The highest BCUT2D eigenvalue weighted by atomic mass is 32.1. The molecule has 0 spiro atoms. The van der Waals surface area contributed by atoms with Gasteiger partial charge in [-0.15, -0.1) is 11.3 Å². The van der Waals surface area contributed by atoms with Gasteiger partial charge in [-0.1, -0.05) is 5.75 Å². The molecule has 1 aromatic rings. The summed E-state index contributed by atoms with van der Waals surface area (Å²) in [5.74, 6) is -2.74. The average molecular weight is 211 g/mol. The van der Waals surface area contributed by atoms with Crippen LogP contribution in [0.25, 0.3) is 0 Å². The SMILES string of the molecule is O=C(O)c1sc(C(F)(F)F)cc1[O-]. The molecule has 0 radical (unpaired) electrons. The fourth-order valence-electron chi connectivity index (χ4n) is 0.663. The van der Waals surface area contributed by atoms with Crippen LogP contribution in [0.2, 0.25) is 0 Å². The minimum atomic E-state index is -4.66.